The fourth-order valence-electron chi connectivity index (χ4n) is 1.67. The van der Waals surface area contributed by atoms with Crippen LogP contribution in [0.3, 0.4) is 0 Å². The van der Waals surface area contributed by atoms with E-state index in [1.807, 2.05) is 31.2 Å². The summed E-state index contributed by atoms with van der Waals surface area (Å²) in [5.41, 5.74) is 1.80. The van der Waals surface area contributed by atoms with Crippen LogP contribution in [-0.4, -0.2) is 24.2 Å². The van der Waals surface area contributed by atoms with Gasteiger partial charge in [0.1, 0.15) is 10.4 Å². The van der Waals surface area contributed by atoms with Crippen LogP contribution >= 0.6 is 15.9 Å². The third kappa shape index (κ3) is 2.61. The minimum atomic E-state index is 0.683. The monoisotopic (exact) mass is 308 g/mol. The lowest BCUT2D eigenvalue weighted by Gasteiger charge is -2.09. The van der Waals surface area contributed by atoms with Gasteiger partial charge in [0.25, 0.3) is 0 Å². The second kappa shape index (κ2) is 5.35. The van der Waals surface area contributed by atoms with Crippen molar-refractivity contribution in [3.8, 4) is 22.8 Å². The van der Waals surface area contributed by atoms with E-state index in [1.165, 1.54) is 0 Å². The Kier molecular flexibility index (Phi) is 3.81. The largest absolute Gasteiger partial charge is 0.493 e. The molecule has 1 heterocycles. The van der Waals surface area contributed by atoms with Crippen LogP contribution in [0.25, 0.3) is 11.3 Å². The third-order valence-corrected chi connectivity index (χ3v) is 2.89. The molecular weight excluding hydrogens is 296 g/mol. The van der Waals surface area contributed by atoms with Crippen LogP contribution in [0.1, 0.15) is 5.82 Å². The summed E-state index contributed by atoms with van der Waals surface area (Å²) in [4.78, 5) is 8.58. The molecule has 0 spiro atoms. The van der Waals surface area contributed by atoms with E-state index < -0.39 is 0 Å². The van der Waals surface area contributed by atoms with E-state index in [0.717, 1.165) is 15.9 Å². The number of halogens is 1. The van der Waals surface area contributed by atoms with Gasteiger partial charge >= 0.3 is 0 Å². The Balaban J connectivity index is 2.50. The molecule has 0 aliphatic rings. The van der Waals surface area contributed by atoms with E-state index in [0.29, 0.717) is 17.3 Å². The zero-order valence-corrected chi connectivity index (χ0v) is 12.0. The molecule has 0 bridgehead atoms. The molecule has 2 rings (SSSR count). The van der Waals surface area contributed by atoms with Crippen molar-refractivity contribution in [1.82, 2.24) is 9.97 Å². The number of ether oxygens (including phenoxy) is 2. The number of methoxy groups -OCH3 is 2. The number of benzene rings is 1. The molecule has 0 amide bonds. The van der Waals surface area contributed by atoms with E-state index in [1.54, 1.807) is 14.2 Å². The first-order valence-electron chi connectivity index (χ1n) is 5.37. The molecule has 0 atom stereocenters. The topological polar surface area (TPSA) is 44.2 Å². The Morgan fingerprint density at radius 3 is 2.33 bits per heavy atom. The summed E-state index contributed by atoms with van der Waals surface area (Å²) in [7, 11) is 3.23. The second-order valence-corrected chi connectivity index (χ2v) is 4.51. The van der Waals surface area contributed by atoms with Gasteiger partial charge in [-0.15, -0.1) is 0 Å². The fourth-order valence-corrected chi connectivity index (χ4v) is 2.15. The Morgan fingerprint density at radius 1 is 1.00 bits per heavy atom. The van der Waals surface area contributed by atoms with Crippen molar-refractivity contribution in [2.75, 3.05) is 14.2 Å². The summed E-state index contributed by atoms with van der Waals surface area (Å²) in [6.45, 7) is 1.86. The van der Waals surface area contributed by atoms with Crippen LogP contribution in [0, 0.1) is 6.92 Å². The smallest absolute Gasteiger partial charge is 0.161 e. The minimum absolute atomic E-state index is 0.683. The molecule has 0 saturated heterocycles. The van der Waals surface area contributed by atoms with E-state index in [4.69, 9.17) is 9.47 Å². The number of rotatable bonds is 3. The highest BCUT2D eigenvalue weighted by Gasteiger charge is 2.08. The van der Waals surface area contributed by atoms with Gasteiger partial charge in [0.2, 0.25) is 0 Å². The van der Waals surface area contributed by atoms with Crippen LogP contribution in [0.15, 0.2) is 28.9 Å². The van der Waals surface area contributed by atoms with Crippen molar-refractivity contribution >= 4 is 15.9 Å². The molecule has 0 aliphatic heterocycles. The molecule has 5 heteroatoms. The van der Waals surface area contributed by atoms with Crippen LogP contribution < -0.4 is 9.47 Å². The first-order chi connectivity index (χ1) is 8.63. The average Bonchev–Trinajstić information content (AvgIpc) is 2.36. The summed E-state index contributed by atoms with van der Waals surface area (Å²) < 4.78 is 11.2. The lowest BCUT2D eigenvalue weighted by atomic mass is 10.1. The van der Waals surface area contributed by atoms with E-state index >= 15 is 0 Å². The van der Waals surface area contributed by atoms with Crippen molar-refractivity contribution in [1.29, 1.82) is 0 Å². The van der Waals surface area contributed by atoms with Crippen molar-refractivity contribution < 1.29 is 9.47 Å². The Morgan fingerprint density at radius 2 is 1.72 bits per heavy atom. The Bertz CT molecular complexity index is 553. The lowest BCUT2D eigenvalue weighted by molar-refractivity contribution is 0.355. The van der Waals surface area contributed by atoms with Crippen LogP contribution in [0.4, 0.5) is 0 Å². The fraction of sp³-hybridized carbons (Fsp3) is 0.231. The van der Waals surface area contributed by atoms with Crippen LogP contribution in [0.5, 0.6) is 11.5 Å². The molecule has 0 fully saturated rings. The maximum atomic E-state index is 5.28. The van der Waals surface area contributed by atoms with Gasteiger partial charge < -0.3 is 9.47 Å². The summed E-state index contributed by atoms with van der Waals surface area (Å²) in [5.74, 6) is 2.10. The Labute approximate surface area is 114 Å². The zero-order chi connectivity index (χ0) is 13.1. The molecule has 0 saturated carbocycles. The molecule has 0 radical (unpaired) electrons. The van der Waals surface area contributed by atoms with Crippen molar-refractivity contribution in [3.63, 3.8) is 0 Å². The highest BCUT2D eigenvalue weighted by atomic mass is 79.9. The number of aryl methyl sites for hydroxylation is 1. The Hall–Kier alpha value is -1.62. The first-order valence-corrected chi connectivity index (χ1v) is 6.17. The number of hydrogen-bond acceptors (Lipinski definition) is 4. The number of aromatic nitrogens is 2. The summed E-state index contributed by atoms with van der Waals surface area (Å²) in [6, 6.07) is 7.57. The van der Waals surface area contributed by atoms with Crippen LogP contribution in [0.2, 0.25) is 0 Å². The van der Waals surface area contributed by atoms with E-state index in [2.05, 4.69) is 25.9 Å². The van der Waals surface area contributed by atoms with Gasteiger partial charge in [-0.05, 0) is 47.1 Å². The maximum absolute atomic E-state index is 5.28. The van der Waals surface area contributed by atoms with Gasteiger partial charge in [-0.1, -0.05) is 0 Å². The van der Waals surface area contributed by atoms with E-state index in [-0.39, 0.29) is 0 Å². The van der Waals surface area contributed by atoms with Crippen molar-refractivity contribution in [2.24, 2.45) is 0 Å². The molecule has 1 aromatic heterocycles. The first kappa shape index (κ1) is 12.8. The highest BCUT2D eigenvalue weighted by Crippen LogP contribution is 2.32. The third-order valence-electron chi connectivity index (χ3n) is 2.49. The number of hydrogen-bond donors (Lipinski definition) is 0. The minimum Gasteiger partial charge on any atom is -0.493 e. The molecule has 0 N–H and O–H groups in total. The molecular formula is C13H13BrN2O2. The zero-order valence-electron chi connectivity index (χ0n) is 10.4. The van der Waals surface area contributed by atoms with Crippen molar-refractivity contribution in [2.45, 2.75) is 6.92 Å². The van der Waals surface area contributed by atoms with Gasteiger partial charge in [-0.2, -0.15) is 0 Å². The normalized spacial score (nSPS) is 10.2. The highest BCUT2D eigenvalue weighted by molar-refractivity contribution is 9.10. The molecule has 2 aromatic rings. The van der Waals surface area contributed by atoms with Gasteiger partial charge in [-0.25, -0.2) is 9.97 Å². The summed E-state index contributed by atoms with van der Waals surface area (Å²) >= 11 is 3.37. The predicted molar refractivity (Wildman–Crippen MR) is 73.0 cm³/mol. The average molecular weight is 309 g/mol. The molecule has 0 aliphatic carbocycles. The number of nitrogens with zero attached hydrogens (tertiary/aromatic N) is 2. The lowest BCUT2D eigenvalue weighted by Crippen LogP contribution is -1.94. The predicted octanol–water partition coefficient (Wildman–Crippen LogP) is 3.23. The van der Waals surface area contributed by atoms with Crippen LogP contribution in [-0.2, 0) is 0 Å². The van der Waals surface area contributed by atoms with Crippen molar-refractivity contribution in [3.05, 3.63) is 34.7 Å². The summed E-state index contributed by atoms with van der Waals surface area (Å²) in [6.07, 6.45) is 0. The molecule has 0 unspecified atom stereocenters. The van der Waals surface area contributed by atoms with E-state index in [9.17, 15) is 0 Å². The molecule has 1 aromatic carbocycles. The standard InChI is InChI=1S/C13H13BrN2O2/c1-8-15-10(7-13(14)16-8)9-4-5-11(17-2)12(6-9)18-3/h4-7H,1-3H3. The van der Waals surface area contributed by atoms with Gasteiger partial charge in [0.15, 0.2) is 11.5 Å². The SMILES string of the molecule is COc1ccc(-c2cc(Br)nc(C)n2)cc1OC. The van der Waals surface area contributed by atoms with Gasteiger partial charge in [0.05, 0.1) is 19.9 Å². The molecule has 4 nitrogen and oxygen atoms in total. The van der Waals surface area contributed by atoms with Gasteiger partial charge in [0, 0.05) is 5.56 Å². The summed E-state index contributed by atoms with van der Waals surface area (Å²) in [5, 5.41) is 0. The molecule has 18 heavy (non-hydrogen) atoms. The van der Waals surface area contributed by atoms with Gasteiger partial charge in [-0.3, -0.25) is 0 Å². The quantitative estimate of drug-likeness (QED) is 0.817. The molecule has 94 valence electrons. The second-order valence-electron chi connectivity index (χ2n) is 3.69. The maximum Gasteiger partial charge on any atom is 0.161 e.